The molecule has 0 aromatic carbocycles. The zero-order valence-corrected chi connectivity index (χ0v) is 16.6. The number of nitrogens with one attached hydrogen (secondary N) is 1. The van der Waals surface area contributed by atoms with Gasteiger partial charge >= 0.3 is 0 Å². The second-order valence-electron chi connectivity index (χ2n) is 6.35. The van der Waals surface area contributed by atoms with Crippen LogP contribution in [0.5, 0.6) is 0 Å². The highest BCUT2D eigenvalue weighted by Crippen LogP contribution is 2.19. The van der Waals surface area contributed by atoms with E-state index in [0.29, 0.717) is 0 Å². The highest BCUT2D eigenvalue weighted by atomic mass is 32.1. The van der Waals surface area contributed by atoms with E-state index >= 15 is 0 Å². The van der Waals surface area contributed by atoms with Crippen LogP contribution in [-0.2, 0) is 12.8 Å². The topological polar surface area (TPSA) is 69.5 Å². The predicted octanol–water partition coefficient (Wildman–Crippen LogP) is 1.74. The van der Waals surface area contributed by atoms with Crippen LogP contribution < -0.4 is 10.2 Å². The Bertz CT molecular complexity index is 735. The van der Waals surface area contributed by atoms with Crippen LogP contribution in [0.25, 0.3) is 0 Å². The Morgan fingerprint density at radius 3 is 2.77 bits per heavy atom. The number of hydrogen-bond donors (Lipinski definition) is 1. The Morgan fingerprint density at radius 1 is 1.31 bits per heavy atom. The molecule has 1 N–H and O–H groups in total. The Kier molecular flexibility index (Phi) is 6.38. The predicted molar refractivity (Wildman–Crippen MR) is 107 cm³/mol. The van der Waals surface area contributed by atoms with E-state index in [-0.39, 0.29) is 0 Å². The van der Waals surface area contributed by atoms with E-state index in [9.17, 15) is 0 Å². The Morgan fingerprint density at radius 2 is 2.12 bits per heavy atom. The first-order chi connectivity index (χ1) is 12.7. The molecule has 26 heavy (non-hydrogen) atoms. The molecule has 0 amide bonds. The van der Waals surface area contributed by atoms with E-state index in [1.54, 1.807) is 0 Å². The highest BCUT2D eigenvalue weighted by molar-refractivity contribution is 7.09. The van der Waals surface area contributed by atoms with Crippen LogP contribution >= 0.6 is 11.5 Å². The quantitative estimate of drug-likeness (QED) is 0.636. The fourth-order valence-corrected chi connectivity index (χ4v) is 3.85. The monoisotopic (exact) mass is 373 g/mol. The van der Waals surface area contributed by atoms with Crippen LogP contribution in [0, 0.1) is 6.92 Å². The molecule has 1 aliphatic heterocycles. The van der Waals surface area contributed by atoms with Crippen molar-refractivity contribution in [3.8, 4) is 0 Å². The molecule has 0 saturated carbocycles. The van der Waals surface area contributed by atoms with E-state index in [1.165, 1.54) is 22.7 Å². The number of hydrogen-bond acceptors (Lipinski definition) is 6. The number of nitrogens with zero attached hydrogens (tertiary/aromatic N) is 6. The van der Waals surface area contributed by atoms with Gasteiger partial charge in [-0.1, -0.05) is 6.92 Å². The van der Waals surface area contributed by atoms with Crippen molar-refractivity contribution in [2.45, 2.75) is 26.7 Å². The first kappa shape index (κ1) is 18.6. The molecule has 0 unspecified atom stereocenters. The van der Waals surface area contributed by atoms with Crippen LogP contribution in [0.15, 0.2) is 23.5 Å². The molecular weight excluding hydrogens is 346 g/mol. The van der Waals surface area contributed by atoms with E-state index in [0.717, 1.165) is 62.5 Å². The fraction of sp³-hybridized carbons (Fsp3) is 0.556. The van der Waals surface area contributed by atoms with Gasteiger partial charge in [-0.15, -0.1) is 0 Å². The lowest BCUT2D eigenvalue weighted by molar-refractivity contribution is 0.372. The van der Waals surface area contributed by atoms with Gasteiger partial charge in [-0.2, -0.15) is 4.37 Å². The van der Waals surface area contributed by atoms with E-state index in [4.69, 9.17) is 0 Å². The van der Waals surface area contributed by atoms with Crippen molar-refractivity contribution in [1.82, 2.24) is 24.6 Å². The van der Waals surface area contributed by atoms with Gasteiger partial charge in [0, 0.05) is 70.1 Å². The molecule has 0 radical (unpaired) electrons. The van der Waals surface area contributed by atoms with Crippen LogP contribution in [0.3, 0.4) is 0 Å². The van der Waals surface area contributed by atoms with Crippen LogP contribution in [0.1, 0.15) is 23.9 Å². The average Bonchev–Trinajstić information content (AvgIpc) is 3.16. The van der Waals surface area contributed by atoms with Crippen molar-refractivity contribution >= 4 is 22.6 Å². The summed E-state index contributed by atoms with van der Waals surface area (Å²) in [5.74, 6) is 1.92. The summed E-state index contributed by atoms with van der Waals surface area (Å²) >= 11 is 1.50. The van der Waals surface area contributed by atoms with Crippen LogP contribution in [0.4, 0.5) is 5.13 Å². The SMILES string of the molecule is CCc1nsc(N2CCN(C(=NC)NCCc3ccncc3C)CC2)n1. The number of aliphatic imine (C=N–C) groups is 1. The highest BCUT2D eigenvalue weighted by Gasteiger charge is 2.21. The summed E-state index contributed by atoms with van der Waals surface area (Å²) in [6.07, 6.45) is 5.64. The summed E-state index contributed by atoms with van der Waals surface area (Å²) < 4.78 is 4.39. The molecule has 2 aromatic rings. The minimum atomic E-state index is 0.869. The lowest BCUT2D eigenvalue weighted by Gasteiger charge is -2.36. The maximum atomic E-state index is 4.60. The summed E-state index contributed by atoms with van der Waals surface area (Å²) in [6.45, 7) is 8.84. The average molecular weight is 374 g/mol. The first-order valence-electron chi connectivity index (χ1n) is 9.14. The van der Waals surface area contributed by atoms with Gasteiger partial charge < -0.3 is 15.1 Å². The third-order valence-electron chi connectivity index (χ3n) is 4.65. The third kappa shape index (κ3) is 4.49. The van der Waals surface area contributed by atoms with E-state index in [1.807, 2.05) is 19.4 Å². The molecular formula is C18H27N7S. The summed E-state index contributed by atoms with van der Waals surface area (Å²) in [5.41, 5.74) is 2.57. The summed E-state index contributed by atoms with van der Waals surface area (Å²) in [7, 11) is 1.85. The smallest absolute Gasteiger partial charge is 0.205 e. The van der Waals surface area contributed by atoms with E-state index < -0.39 is 0 Å². The Balaban J connectivity index is 1.48. The molecule has 8 heteroatoms. The molecule has 140 valence electrons. The van der Waals surface area contributed by atoms with Gasteiger partial charge in [-0.05, 0) is 30.5 Å². The second-order valence-corrected chi connectivity index (χ2v) is 7.08. The molecule has 1 saturated heterocycles. The molecule has 0 atom stereocenters. The zero-order valence-electron chi connectivity index (χ0n) is 15.8. The van der Waals surface area contributed by atoms with Gasteiger partial charge in [0.25, 0.3) is 0 Å². The van der Waals surface area contributed by atoms with Crippen LogP contribution in [0.2, 0.25) is 0 Å². The molecule has 7 nitrogen and oxygen atoms in total. The van der Waals surface area contributed by atoms with Crippen molar-refractivity contribution in [3.63, 3.8) is 0 Å². The zero-order chi connectivity index (χ0) is 18.4. The standard InChI is InChI=1S/C18H27N7S/c1-4-16-22-18(26-23-16)25-11-9-24(10-12-25)17(19-3)21-8-6-15-5-7-20-13-14(15)2/h5,7,13H,4,6,8-12H2,1-3H3,(H,19,21). The molecule has 1 aliphatic rings. The van der Waals surface area contributed by atoms with Gasteiger partial charge in [0.2, 0.25) is 5.13 Å². The summed E-state index contributed by atoms with van der Waals surface area (Å²) in [4.78, 5) is 17.8. The lowest BCUT2D eigenvalue weighted by atomic mass is 10.1. The maximum Gasteiger partial charge on any atom is 0.205 e. The normalized spacial score (nSPS) is 15.4. The second kappa shape index (κ2) is 8.93. The number of anilines is 1. The van der Waals surface area contributed by atoms with Crippen molar-refractivity contribution < 1.29 is 0 Å². The van der Waals surface area contributed by atoms with Gasteiger partial charge in [0.15, 0.2) is 5.96 Å². The summed E-state index contributed by atoms with van der Waals surface area (Å²) in [6, 6.07) is 2.09. The maximum absolute atomic E-state index is 4.60. The van der Waals surface area contributed by atoms with Crippen molar-refractivity contribution in [1.29, 1.82) is 0 Å². The fourth-order valence-electron chi connectivity index (χ4n) is 3.05. The number of guanidine groups is 1. The van der Waals surface area contributed by atoms with Crippen molar-refractivity contribution in [2.24, 2.45) is 4.99 Å². The molecule has 0 spiro atoms. The Labute approximate surface area is 159 Å². The molecule has 3 heterocycles. The van der Waals surface area contributed by atoms with Crippen molar-refractivity contribution in [2.75, 3.05) is 44.7 Å². The first-order valence-corrected chi connectivity index (χ1v) is 9.91. The van der Waals surface area contributed by atoms with E-state index in [2.05, 4.69) is 54.4 Å². The number of rotatable bonds is 5. The molecule has 0 aliphatic carbocycles. The largest absolute Gasteiger partial charge is 0.356 e. The minimum absolute atomic E-state index is 0.869. The molecule has 0 bridgehead atoms. The minimum Gasteiger partial charge on any atom is -0.356 e. The van der Waals surface area contributed by atoms with Crippen molar-refractivity contribution in [3.05, 3.63) is 35.4 Å². The third-order valence-corrected chi connectivity index (χ3v) is 5.46. The van der Waals surface area contributed by atoms with Gasteiger partial charge in [-0.3, -0.25) is 9.98 Å². The number of aryl methyl sites for hydroxylation is 2. The van der Waals surface area contributed by atoms with Crippen LogP contribution in [-0.4, -0.2) is 65.0 Å². The number of aromatic nitrogens is 3. The molecule has 3 rings (SSSR count). The van der Waals surface area contributed by atoms with Gasteiger partial charge in [0.05, 0.1) is 0 Å². The lowest BCUT2D eigenvalue weighted by Crippen LogP contribution is -2.52. The van der Waals surface area contributed by atoms with Gasteiger partial charge in [0.1, 0.15) is 5.82 Å². The number of piperazine rings is 1. The molecule has 2 aromatic heterocycles. The van der Waals surface area contributed by atoms with Gasteiger partial charge in [-0.25, -0.2) is 4.98 Å². The Hall–Kier alpha value is -2.22. The number of pyridine rings is 1. The summed E-state index contributed by atoms with van der Waals surface area (Å²) in [5, 5.41) is 4.53. The molecule has 1 fully saturated rings.